The van der Waals surface area contributed by atoms with Crippen molar-refractivity contribution in [2.75, 3.05) is 7.11 Å². The van der Waals surface area contributed by atoms with Gasteiger partial charge in [0.1, 0.15) is 11.4 Å². The molecule has 0 spiro atoms. The van der Waals surface area contributed by atoms with Crippen molar-refractivity contribution in [3.8, 4) is 24.0 Å². The third-order valence-corrected chi connectivity index (χ3v) is 6.52. The molecule has 2 aromatic heterocycles. The summed E-state index contributed by atoms with van der Waals surface area (Å²) in [5.41, 5.74) is 5.24. The molecule has 2 aromatic carbocycles. The average Bonchev–Trinajstić information content (AvgIpc) is 3.22. The van der Waals surface area contributed by atoms with Crippen LogP contribution in [0.2, 0.25) is 0 Å². The topological polar surface area (TPSA) is 70.4 Å². The molecule has 0 aliphatic rings. The number of pyridine rings is 1. The second-order valence-electron chi connectivity index (χ2n) is 9.07. The molecule has 0 radical (unpaired) electrons. The highest BCUT2D eigenvalue weighted by molar-refractivity contribution is 6.17. The van der Waals surface area contributed by atoms with Crippen LogP contribution in [-0.2, 0) is 11.3 Å². The standard InChI is InChI=1S/C31H30N2O4.C2H6/c1-7-23-17-22(11-15-27(23)37-26(8-2)21(5)34)18-33-20(4)29(25-14-16-28(36-6)32-31(25)33)30(35)24-12-9-19(3)10-13-24;1-2/h1,9-17,26H,8,18H2,2-6H3;1-2H3. The molecule has 0 aliphatic carbocycles. The van der Waals surface area contributed by atoms with Crippen molar-refractivity contribution >= 4 is 22.6 Å². The van der Waals surface area contributed by atoms with E-state index < -0.39 is 6.10 Å². The summed E-state index contributed by atoms with van der Waals surface area (Å²) in [5, 5.41) is 0.758. The van der Waals surface area contributed by atoms with Gasteiger partial charge in [0.2, 0.25) is 5.88 Å². The third-order valence-electron chi connectivity index (χ3n) is 6.52. The zero-order valence-corrected chi connectivity index (χ0v) is 23.8. The third kappa shape index (κ3) is 6.21. The number of nitrogens with zero attached hydrogens (tertiary/aromatic N) is 2. The van der Waals surface area contributed by atoms with Crippen molar-refractivity contribution in [1.29, 1.82) is 0 Å². The first-order valence-electron chi connectivity index (χ1n) is 13.2. The molecule has 0 saturated heterocycles. The zero-order chi connectivity index (χ0) is 28.7. The van der Waals surface area contributed by atoms with Crippen molar-refractivity contribution in [2.24, 2.45) is 0 Å². The van der Waals surface area contributed by atoms with Crippen LogP contribution in [0.4, 0.5) is 0 Å². The van der Waals surface area contributed by atoms with Crippen molar-refractivity contribution in [3.05, 3.63) is 88.1 Å². The molecule has 1 atom stereocenters. The lowest BCUT2D eigenvalue weighted by atomic mass is 10.0. The Morgan fingerprint density at radius 2 is 1.74 bits per heavy atom. The van der Waals surface area contributed by atoms with Gasteiger partial charge in [-0.3, -0.25) is 9.59 Å². The summed E-state index contributed by atoms with van der Waals surface area (Å²) >= 11 is 0. The average molecular weight is 525 g/mol. The molecule has 0 aliphatic heterocycles. The van der Waals surface area contributed by atoms with Crippen molar-refractivity contribution in [3.63, 3.8) is 0 Å². The molecular weight excluding hydrogens is 488 g/mol. The Bertz CT molecular complexity index is 1520. The van der Waals surface area contributed by atoms with E-state index in [4.69, 9.17) is 15.9 Å². The van der Waals surface area contributed by atoms with Crippen LogP contribution in [-0.4, -0.2) is 34.3 Å². The first-order chi connectivity index (χ1) is 18.8. The van der Waals surface area contributed by atoms with E-state index in [1.165, 1.54) is 6.92 Å². The lowest BCUT2D eigenvalue weighted by Gasteiger charge is -2.17. The van der Waals surface area contributed by atoms with Gasteiger partial charge >= 0.3 is 0 Å². The van der Waals surface area contributed by atoms with Gasteiger partial charge in [0.05, 0.1) is 18.2 Å². The fourth-order valence-electron chi connectivity index (χ4n) is 4.44. The molecule has 0 saturated carbocycles. The van der Waals surface area contributed by atoms with Gasteiger partial charge in [0.15, 0.2) is 17.7 Å². The van der Waals surface area contributed by atoms with Crippen LogP contribution in [0.3, 0.4) is 0 Å². The Balaban J connectivity index is 0.00000205. The largest absolute Gasteiger partial charge is 0.481 e. The van der Waals surface area contributed by atoms with Crippen molar-refractivity contribution in [1.82, 2.24) is 9.55 Å². The van der Waals surface area contributed by atoms with Crippen LogP contribution in [0.15, 0.2) is 54.6 Å². The number of ketones is 2. The van der Waals surface area contributed by atoms with E-state index in [2.05, 4.69) is 10.9 Å². The van der Waals surface area contributed by atoms with E-state index in [0.29, 0.717) is 46.9 Å². The fraction of sp³-hybridized carbons (Fsp3) is 0.303. The molecule has 4 aromatic rings. The van der Waals surface area contributed by atoms with Gasteiger partial charge in [-0.05, 0) is 51.0 Å². The summed E-state index contributed by atoms with van der Waals surface area (Å²) < 4.78 is 13.3. The Labute approximate surface area is 231 Å². The van der Waals surface area contributed by atoms with E-state index in [1.54, 1.807) is 19.2 Å². The van der Waals surface area contributed by atoms with Crippen LogP contribution in [0.5, 0.6) is 11.6 Å². The lowest BCUT2D eigenvalue weighted by Crippen LogP contribution is -2.24. The molecule has 2 heterocycles. The summed E-state index contributed by atoms with van der Waals surface area (Å²) in [6, 6.07) is 16.8. The van der Waals surface area contributed by atoms with Gasteiger partial charge in [-0.15, -0.1) is 6.42 Å². The number of Topliss-reactive ketones (excluding diaryl/α,β-unsaturated/α-hetero) is 1. The monoisotopic (exact) mass is 524 g/mol. The van der Waals surface area contributed by atoms with E-state index in [0.717, 1.165) is 22.2 Å². The molecule has 39 heavy (non-hydrogen) atoms. The number of aryl methyl sites for hydroxylation is 1. The maximum absolute atomic E-state index is 13.6. The van der Waals surface area contributed by atoms with Gasteiger partial charge in [-0.2, -0.15) is 4.98 Å². The number of benzene rings is 2. The van der Waals surface area contributed by atoms with Crippen molar-refractivity contribution < 1.29 is 19.1 Å². The Hall–Kier alpha value is -4.37. The molecule has 1 unspecified atom stereocenters. The number of terminal acetylenes is 1. The normalized spacial score (nSPS) is 11.2. The number of carbonyl (C=O) groups is 2. The van der Waals surface area contributed by atoms with Gasteiger partial charge in [0.25, 0.3) is 0 Å². The van der Waals surface area contributed by atoms with Crippen LogP contribution >= 0.6 is 0 Å². The van der Waals surface area contributed by atoms with Crippen LogP contribution < -0.4 is 9.47 Å². The highest BCUT2D eigenvalue weighted by atomic mass is 16.5. The van der Waals surface area contributed by atoms with E-state index in [9.17, 15) is 9.59 Å². The number of fused-ring (bicyclic) bond motifs is 1. The summed E-state index contributed by atoms with van der Waals surface area (Å²) in [4.78, 5) is 30.1. The highest BCUT2D eigenvalue weighted by Gasteiger charge is 2.23. The number of hydrogen-bond acceptors (Lipinski definition) is 5. The summed E-state index contributed by atoms with van der Waals surface area (Å²) in [6.07, 6.45) is 5.80. The zero-order valence-electron chi connectivity index (χ0n) is 23.8. The smallest absolute Gasteiger partial charge is 0.214 e. The molecule has 0 amide bonds. The number of ether oxygens (including phenoxy) is 2. The van der Waals surface area contributed by atoms with E-state index in [1.807, 2.05) is 81.7 Å². The lowest BCUT2D eigenvalue weighted by molar-refractivity contribution is -0.123. The Morgan fingerprint density at radius 1 is 1.05 bits per heavy atom. The first-order valence-corrected chi connectivity index (χ1v) is 13.2. The molecule has 0 bridgehead atoms. The SMILES string of the molecule is C#Cc1cc(Cn2c(C)c(C(=O)c3ccc(C)cc3)c3ccc(OC)nc32)ccc1OC(CC)C(C)=O.CC. The molecule has 0 N–H and O–H groups in total. The van der Waals surface area contributed by atoms with Gasteiger partial charge in [0, 0.05) is 29.3 Å². The summed E-state index contributed by atoms with van der Waals surface area (Å²) in [7, 11) is 1.56. The minimum absolute atomic E-state index is 0.0465. The van der Waals surface area contributed by atoms with Crippen LogP contribution in [0.1, 0.15) is 72.4 Å². The molecular formula is C33H36N2O4. The predicted octanol–water partition coefficient (Wildman–Crippen LogP) is 6.69. The van der Waals surface area contributed by atoms with Gasteiger partial charge < -0.3 is 14.0 Å². The second kappa shape index (κ2) is 12.9. The van der Waals surface area contributed by atoms with Crippen molar-refractivity contribution in [2.45, 2.75) is 60.6 Å². The number of rotatable bonds is 9. The fourth-order valence-corrected chi connectivity index (χ4v) is 4.44. The number of methoxy groups -OCH3 is 1. The molecule has 6 heteroatoms. The maximum atomic E-state index is 13.6. The number of carbonyl (C=O) groups excluding carboxylic acids is 2. The maximum Gasteiger partial charge on any atom is 0.214 e. The second-order valence-corrected chi connectivity index (χ2v) is 9.07. The molecule has 202 valence electrons. The number of hydrogen-bond donors (Lipinski definition) is 0. The summed E-state index contributed by atoms with van der Waals surface area (Å²) in [5.74, 6) is 3.53. The Kier molecular flexibility index (Phi) is 9.68. The van der Waals surface area contributed by atoms with Gasteiger partial charge in [-0.1, -0.05) is 62.6 Å². The molecule has 4 rings (SSSR count). The van der Waals surface area contributed by atoms with Gasteiger partial charge in [-0.25, -0.2) is 0 Å². The van der Waals surface area contributed by atoms with Crippen LogP contribution in [0, 0.1) is 26.2 Å². The first kappa shape index (κ1) is 29.2. The minimum Gasteiger partial charge on any atom is -0.481 e. The predicted molar refractivity (Wildman–Crippen MR) is 156 cm³/mol. The van der Waals surface area contributed by atoms with Crippen LogP contribution in [0.25, 0.3) is 11.0 Å². The minimum atomic E-state index is -0.541. The molecule has 6 nitrogen and oxygen atoms in total. The molecule has 0 fully saturated rings. The quantitative estimate of drug-likeness (QED) is 0.180. The Morgan fingerprint density at radius 3 is 2.33 bits per heavy atom. The number of aromatic nitrogens is 2. The van der Waals surface area contributed by atoms with E-state index in [-0.39, 0.29) is 11.6 Å². The van der Waals surface area contributed by atoms with E-state index >= 15 is 0 Å². The summed E-state index contributed by atoms with van der Waals surface area (Å²) in [6.45, 7) is 11.8. The highest BCUT2D eigenvalue weighted by Crippen LogP contribution is 2.30.